The minimum absolute atomic E-state index is 0.119. The van der Waals surface area contributed by atoms with Gasteiger partial charge in [0.05, 0.1) is 13.7 Å². The molecule has 0 aliphatic rings. The second kappa shape index (κ2) is 6.25. The molecule has 94 valence electrons. The van der Waals surface area contributed by atoms with Gasteiger partial charge in [0.25, 0.3) is 0 Å². The maximum absolute atomic E-state index is 11.2. The van der Waals surface area contributed by atoms with Crippen LogP contribution in [0.2, 0.25) is 0 Å². The lowest BCUT2D eigenvalue weighted by Crippen LogP contribution is -2.23. The highest BCUT2D eigenvalue weighted by molar-refractivity contribution is 5.76. The largest absolute Gasteiger partial charge is 0.496 e. The molecule has 0 saturated carbocycles. The van der Waals surface area contributed by atoms with E-state index in [-0.39, 0.29) is 18.9 Å². The lowest BCUT2D eigenvalue weighted by atomic mass is 10.0. The van der Waals surface area contributed by atoms with Gasteiger partial charge in [0, 0.05) is 13.0 Å². The second-order valence-corrected chi connectivity index (χ2v) is 3.93. The molecule has 0 aliphatic carbocycles. The number of nitrogens with one attached hydrogen (secondary N) is 1. The van der Waals surface area contributed by atoms with Crippen molar-refractivity contribution >= 4 is 5.91 Å². The lowest BCUT2D eigenvalue weighted by Gasteiger charge is -2.13. The summed E-state index contributed by atoms with van der Waals surface area (Å²) < 4.78 is 5.22. The van der Waals surface area contributed by atoms with Gasteiger partial charge in [-0.25, -0.2) is 0 Å². The van der Waals surface area contributed by atoms with E-state index in [1.807, 2.05) is 26.0 Å². The van der Waals surface area contributed by atoms with Crippen LogP contribution in [0.5, 0.6) is 5.75 Å². The quantitative estimate of drug-likeness (QED) is 0.811. The molecule has 4 heteroatoms. The van der Waals surface area contributed by atoms with Gasteiger partial charge in [0.1, 0.15) is 5.75 Å². The Morgan fingerprint density at radius 1 is 1.35 bits per heavy atom. The third-order valence-electron chi connectivity index (χ3n) is 2.88. The molecular weight excluding hydrogens is 218 g/mol. The predicted octanol–water partition coefficient (Wildman–Crippen LogP) is 1.31. The molecule has 0 unspecified atom stereocenters. The van der Waals surface area contributed by atoms with E-state index >= 15 is 0 Å². The molecule has 1 aromatic carbocycles. The molecule has 0 aromatic heterocycles. The average Bonchev–Trinajstić information content (AvgIpc) is 2.31. The van der Waals surface area contributed by atoms with E-state index in [0.29, 0.717) is 6.54 Å². The third-order valence-corrected chi connectivity index (χ3v) is 2.88. The Bertz CT molecular complexity index is 402. The van der Waals surface area contributed by atoms with Crippen molar-refractivity contribution in [3.63, 3.8) is 0 Å². The number of ether oxygens (including phenoxy) is 1. The number of carbonyl (C=O) groups is 1. The molecule has 0 bridgehead atoms. The molecule has 2 N–H and O–H groups in total. The molecule has 17 heavy (non-hydrogen) atoms. The first kappa shape index (κ1) is 13.5. The van der Waals surface area contributed by atoms with Crippen molar-refractivity contribution in [1.29, 1.82) is 0 Å². The van der Waals surface area contributed by atoms with Crippen LogP contribution in [0.4, 0.5) is 0 Å². The third kappa shape index (κ3) is 3.46. The van der Waals surface area contributed by atoms with E-state index in [2.05, 4.69) is 5.32 Å². The number of aliphatic hydroxyl groups is 1. The Morgan fingerprint density at radius 2 is 2.06 bits per heavy atom. The number of benzene rings is 1. The predicted molar refractivity (Wildman–Crippen MR) is 66.0 cm³/mol. The van der Waals surface area contributed by atoms with Crippen LogP contribution in [0.1, 0.15) is 23.1 Å². The van der Waals surface area contributed by atoms with Gasteiger partial charge < -0.3 is 15.2 Å². The molecule has 0 heterocycles. The first-order chi connectivity index (χ1) is 8.10. The molecule has 1 amide bonds. The van der Waals surface area contributed by atoms with Gasteiger partial charge in [-0.3, -0.25) is 4.79 Å². The molecule has 0 fully saturated rings. The topological polar surface area (TPSA) is 58.6 Å². The first-order valence-electron chi connectivity index (χ1n) is 5.60. The highest BCUT2D eigenvalue weighted by atomic mass is 16.5. The molecule has 1 aromatic rings. The van der Waals surface area contributed by atoms with Crippen LogP contribution in [0.3, 0.4) is 0 Å². The molecule has 4 nitrogen and oxygen atoms in total. The summed E-state index contributed by atoms with van der Waals surface area (Å²) in [6.07, 6.45) is 0.147. The summed E-state index contributed by atoms with van der Waals surface area (Å²) in [6.45, 7) is 4.36. The van der Waals surface area contributed by atoms with Gasteiger partial charge in [-0.15, -0.1) is 0 Å². The van der Waals surface area contributed by atoms with Crippen molar-refractivity contribution in [1.82, 2.24) is 5.32 Å². The van der Waals surface area contributed by atoms with Crippen LogP contribution in [-0.4, -0.2) is 24.7 Å². The molecule has 0 aliphatic heterocycles. The Hall–Kier alpha value is -1.55. The highest BCUT2D eigenvalue weighted by Crippen LogP contribution is 2.23. The van der Waals surface area contributed by atoms with Crippen molar-refractivity contribution in [2.24, 2.45) is 0 Å². The summed E-state index contributed by atoms with van der Waals surface area (Å²) in [7, 11) is 1.64. The zero-order valence-electron chi connectivity index (χ0n) is 10.5. The number of rotatable bonds is 5. The summed E-state index contributed by atoms with van der Waals surface area (Å²) in [5, 5.41) is 11.4. The van der Waals surface area contributed by atoms with Gasteiger partial charge >= 0.3 is 0 Å². The zero-order chi connectivity index (χ0) is 12.8. The zero-order valence-corrected chi connectivity index (χ0v) is 10.5. The summed E-state index contributed by atoms with van der Waals surface area (Å²) >= 11 is 0. The molecule has 0 saturated heterocycles. The van der Waals surface area contributed by atoms with E-state index in [9.17, 15) is 4.79 Å². The molecule has 1 rings (SSSR count). The van der Waals surface area contributed by atoms with E-state index < -0.39 is 0 Å². The molecule has 0 radical (unpaired) electrons. The Labute approximate surface area is 102 Å². The van der Waals surface area contributed by atoms with Crippen molar-refractivity contribution in [3.8, 4) is 5.75 Å². The minimum atomic E-state index is -0.139. The fourth-order valence-electron chi connectivity index (χ4n) is 1.65. The van der Waals surface area contributed by atoms with Crippen LogP contribution in [-0.2, 0) is 11.3 Å². The monoisotopic (exact) mass is 237 g/mol. The summed E-state index contributed by atoms with van der Waals surface area (Å²) in [4.78, 5) is 11.2. The van der Waals surface area contributed by atoms with Gasteiger partial charge in [0.15, 0.2) is 0 Å². The second-order valence-electron chi connectivity index (χ2n) is 3.93. The Kier molecular flexibility index (Phi) is 4.97. The van der Waals surface area contributed by atoms with Gasteiger partial charge in [-0.05, 0) is 36.6 Å². The molecule has 0 spiro atoms. The van der Waals surface area contributed by atoms with Crippen molar-refractivity contribution in [2.75, 3.05) is 13.7 Å². The SMILES string of the molecule is COc1ccc(CNC(=O)CCO)c(C)c1C. The normalized spacial score (nSPS) is 10.1. The minimum Gasteiger partial charge on any atom is -0.496 e. The highest BCUT2D eigenvalue weighted by Gasteiger charge is 2.07. The van der Waals surface area contributed by atoms with Gasteiger partial charge in [-0.2, -0.15) is 0 Å². The standard InChI is InChI=1S/C13H19NO3/c1-9-10(2)12(17-3)5-4-11(9)8-14-13(16)6-7-15/h4-5,15H,6-8H2,1-3H3,(H,14,16). The number of methoxy groups -OCH3 is 1. The average molecular weight is 237 g/mol. The number of hydrogen-bond donors (Lipinski definition) is 2. The molecular formula is C13H19NO3. The van der Waals surface area contributed by atoms with Crippen LogP contribution < -0.4 is 10.1 Å². The summed E-state index contributed by atoms with van der Waals surface area (Å²) in [5.41, 5.74) is 3.27. The van der Waals surface area contributed by atoms with Gasteiger partial charge in [-0.1, -0.05) is 6.07 Å². The van der Waals surface area contributed by atoms with E-state index in [4.69, 9.17) is 9.84 Å². The number of carbonyl (C=O) groups excluding carboxylic acids is 1. The smallest absolute Gasteiger partial charge is 0.222 e. The fraction of sp³-hybridized carbons (Fsp3) is 0.462. The Balaban J connectivity index is 2.73. The lowest BCUT2D eigenvalue weighted by molar-refractivity contribution is -0.121. The van der Waals surface area contributed by atoms with E-state index in [1.165, 1.54) is 0 Å². The van der Waals surface area contributed by atoms with Crippen molar-refractivity contribution < 1.29 is 14.6 Å². The van der Waals surface area contributed by atoms with Gasteiger partial charge in [0.2, 0.25) is 5.91 Å². The van der Waals surface area contributed by atoms with E-state index in [1.54, 1.807) is 7.11 Å². The summed E-state index contributed by atoms with van der Waals surface area (Å²) in [6, 6.07) is 3.84. The van der Waals surface area contributed by atoms with Crippen LogP contribution in [0, 0.1) is 13.8 Å². The number of aliphatic hydroxyl groups excluding tert-OH is 1. The van der Waals surface area contributed by atoms with Crippen LogP contribution in [0.15, 0.2) is 12.1 Å². The van der Waals surface area contributed by atoms with Crippen molar-refractivity contribution in [2.45, 2.75) is 26.8 Å². The first-order valence-corrected chi connectivity index (χ1v) is 5.60. The fourth-order valence-corrected chi connectivity index (χ4v) is 1.65. The number of amides is 1. The maximum Gasteiger partial charge on any atom is 0.222 e. The van der Waals surface area contributed by atoms with Crippen LogP contribution >= 0.6 is 0 Å². The van der Waals surface area contributed by atoms with E-state index in [0.717, 1.165) is 22.4 Å². The molecule has 0 atom stereocenters. The van der Waals surface area contributed by atoms with Crippen LogP contribution in [0.25, 0.3) is 0 Å². The maximum atomic E-state index is 11.2. The Morgan fingerprint density at radius 3 is 2.65 bits per heavy atom. The summed E-state index contributed by atoms with van der Waals surface area (Å²) in [5.74, 6) is 0.716. The number of hydrogen-bond acceptors (Lipinski definition) is 3. The van der Waals surface area contributed by atoms with Crippen molar-refractivity contribution in [3.05, 3.63) is 28.8 Å².